The van der Waals surface area contributed by atoms with Crippen LogP contribution in [0.1, 0.15) is 5.56 Å². The highest BCUT2D eigenvalue weighted by Gasteiger charge is 2.24. The Bertz CT molecular complexity index is 4390. The van der Waals surface area contributed by atoms with Crippen molar-refractivity contribution in [1.82, 2.24) is 23.7 Å². The number of aryl methyl sites for hydroxylation is 1. The van der Waals surface area contributed by atoms with Crippen molar-refractivity contribution in [2.45, 2.75) is 6.92 Å². The van der Waals surface area contributed by atoms with Crippen LogP contribution in [0.15, 0.2) is 267 Å². The van der Waals surface area contributed by atoms with E-state index in [0.717, 1.165) is 78.4 Å². The van der Waals surface area contributed by atoms with Crippen molar-refractivity contribution in [2.75, 3.05) is 0 Å². The van der Waals surface area contributed by atoms with Gasteiger partial charge in [-0.15, -0.1) is 0 Å². The fourth-order valence-electron chi connectivity index (χ4n) is 11.8. The van der Waals surface area contributed by atoms with Gasteiger partial charge in [-0.2, -0.15) is 0 Å². The van der Waals surface area contributed by atoms with Gasteiger partial charge in [0.2, 0.25) is 0 Å². The third-order valence-electron chi connectivity index (χ3n) is 15.3. The zero-order valence-electron chi connectivity index (χ0n) is 41.6. The molecule has 0 aliphatic rings. The second-order valence-electron chi connectivity index (χ2n) is 19.8. The highest BCUT2D eigenvalue weighted by atomic mass is 15.0. The summed E-state index contributed by atoms with van der Waals surface area (Å²) < 4.78 is 7.27. The van der Waals surface area contributed by atoms with Gasteiger partial charge in [-0.1, -0.05) is 188 Å². The first-order valence-corrected chi connectivity index (χ1v) is 26.0. The number of hydrogen-bond acceptors (Lipinski definition) is 2. The largest absolute Gasteiger partial charge is 0.309 e. The van der Waals surface area contributed by atoms with Crippen LogP contribution < -0.4 is 0 Å². The molecule has 76 heavy (non-hydrogen) atoms. The lowest BCUT2D eigenvalue weighted by Gasteiger charge is -2.22. The summed E-state index contributed by atoms with van der Waals surface area (Å²) in [5, 5.41) is 7.36. The number of benzene rings is 11. The average Bonchev–Trinajstić information content (AvgIpc) is 4.16. The molecule has 5 heteroatoms. The van der Waals surface area contributed by atoms with Gasteiger partial charge in [0.1, 0.15) is 0 Å². The van der Waals surface area contributed by atoms with Gasteiger partial charge in [0.15, 0.2) is 5.82 Å². The molecule has 0 aliphatic heterocycles. The van der Waals surface area contributed by atoms with Gasteiger partial charge in [0.25, 0.3) is 0 Å². The van der Waals surface area contributed by atoms with Gasteiger partial charge in [0, 0.05) is 71.5 Å². The van der Waals surface area contributed by atoms with E-state index < -0.39 is 0 Å². The molecule has 0 saturated carbocycles. The Labute approximate surface area is 439 Å². The van der Waals surface area contributed by atoms with Gasteiger partial charge < -0.3 is 13.7 Å². The summed E-state index contributed by atoms with van der Waals surface area (Å²) in [6, 6.07) is 96.5. The van der Waals surface area contributed by atoms with Crippen LogP contribution in [0.2, 0.25) is 0 Å². The minimum atomic E-state index is 0.649. The van der Waals surface area contributed by atoms with Crippen LogP contribution in [0, 0.1) is 6.92 Å². The Morgan fingerprint density at radius 1 is 0.263 bits per heavy atom. The lowest BCUT2D eigenvalue weighted by Crippen LogP contribution is -2.03. The van der Waals surface area contributed by atoms with E-state index in [4.69, 9.17) is 9.97 Å². The smallest absolute Gasteiger partial charge is 0.160 e. The van der Waals surface area contributed by atoms with Gasteiger partial charge in [-0.05, 0) is 103 Å². The molecule has 15 rings (SSSR count). The zero-order chi connectivity index (χ0) is 50.3. The SMILES string of the molecule is Cc1ccc2c(c1)c1ccccc1n2-c1c(-c2ccc(-n3c4ccccc4c4ccccc43)cc2)cc(-c2nc(-c3ccccc3)cc(-c3ccccc3)n2)cc1-c1ccc(-n2c3ccccc3c3ccccc32)cc1. The summed E-state index contributed by atoms with van der Waals surface area (Å²) in [7, 11) is 0. The Morgan fingerprint density at radius 2 is 0.618 bits per heavy atom. The molecule has 0 bridgehead atoms. The molecule has 0 saturated heterocycles. The summed E-state index contributed by atoms with van der Waals surface area (Å²) in [6.45, 7) is 2.18. The van der Waals surface area contributed by atoms with E-state index in [1.807, 2.05) is 0 Å². The predicted octanol–water partition coefficient (Wildman–Crippen LogP) is 18.4. The molecule has 11 aromatic carbocycles. The third-order valence-corrected chi connectivity index (χ3v) is 15.3. The predicted molar refractivity (Wildman–Crippen MR) is 317 cm³/mol. The van der Waals surface area contributed by atoms with Crippen molar-refractivity contribution in [3.05, 3.63) is 272 Å². The van der Waals surface area contributed by atoms with Gasteiger partial charge in [-0.3, -0.25) is 0 Å². The number of fused-ring (bicyclic) bond motifs is 9. The quantitative estimate of drug-likeness (QED) is 0.152. The summed E-state index contributed by atoms with van der Waals surface area (Å²) >= 11 is 0. The average molecular weight is 970 g/mol. The van der Waals surface area contributed by atoms with E-state index in [-0.39, 0.29) is 0 Å². The van der Waals surface area contributed by atoms with E-state index in [2.05, 4.69) is 288 Å². The summed E-state index contributed by atoms with van der Waals surface area (Å²) in [5.74, 6) is 0.649. The number of hydrogen-bond donors (Lipinski definition) is 0. The Balaban J connectivity index is 1.03. The third kappa shape index (κ3) is 7.01. The van der Waals surface area contributed by atoms with Crippen LogP contribution in [0.3, 0.4) is 0 Å². The van der Waals surface area contributed by atoms with Crippen LogP contribution in [-0.4, -0.2) is 23.7 Å². The molecule has 0 aliphatic carbocycles. The van der Waals surface area contributed by atoms with Crippen molar-refractivity contribution in [2.24, 2.45) is 0 Å². The normalized spacial score (nSPS) is 11.8. The molecular formula is C71H47N5. The summed E-state index contributed by atoms with van der Waals surface area (Å²) in [4.78, 5) is 10.9. The van der Waals surface area contributed by atoms with Crippen molar-refractivity contribution in [1.29, 1.82) is 0 Å². The van der Waals surface area contributed by atoms with Crippen molar-refractivity contribution in [3.63, 3.8) is 0 Å². The van der Waals surface area contributed by atoms with Crippen molar-refractivity contribution < 1.29 is 0 Å². The molecular weight excluding hydrogens is 923 g/mol. The van der Waals surface area contributed by atoms with Crippen LogP contribution in [-0.2, 0) is 0 Å². The highest BCUT2D eigenvalue weighted by molar-refractivity contribution is 6.12. The maximum Gasteiger partial charge on any atom is 0.160 e. The fraction of sp³-hybridized carbons (Fsp3) is 0.0141. The van der Waals surface area contributed by atoms with Crippen LogP contribution >= 0.6 is 0 Å². The first-order chi connectivity index (χ1) is 37.6. The molecule has 0 radical (unpaired) electrons. The molecule has 15 aromatic rings. The van der Waals surface area contributed by atoms with E-state index in [9.17, 15) is 0 Å². The fourth-order valence-corrected chi connectivity index (χ4v) is 11.8. The molecule has 5 nitrogen and oxygen atoms in total. The number of nitrogens with zero attached hydrogens (tertiary/aromatic N) is 5. The minimum absolute atomic E-state index is 0.649. The highest BCUT2D eigenvalue weighted by Crippen LogP contribution is 2.45. The molecule has 4 aromatic heterocycles. The molecule has 0 spiro atoms. The molecule has 356 valence electrons. The second-order valence-corrected chi connectivity index (χ2v) is 19.8. The van der Waals surface area contributed by atoms with E-state index in [0.29, 0.717) is 5.82 Å². The molecule has 0 unspecified atom stereocenters. The number of rotatable bonds is 8. The van der Waals surface area contributed by atoms with Gasteiger partial charge in [-0.25, -0.2) is 9.97 Å². The molecule has 0 fully saturated rings. The monoisotopic (exact) mass is 969 g/mol. The van der Waals surface area contributed by atoms with E-state index >= 15 is 0 Å². The van der Waals surface area contributed by atoms with Crippen LogP contribution in [0.4, 0.5) is 0 Å². The van der Waals surface area contributed by atoms with Crippen LogP contribution in [0.5, 0.6) is 0 Å². The van der Waals surface area contributed by atoms with E-state index in [1.54, 1.807) is 0 Å². The van der Waals surface area contributed by atoms with Crippen molar-refractivity contribution in [3.8, 4) is 73.2 Å². The molecule has 0 N–H and O–H groups in total. The minimum Gasteiger partial charge on any atom is -0.309 e. The molecule has 0 atom stereocenters. The Kier molecular flexibility index (Phi) is 10.0. The zero-order valence-corrected chi connectivity index (χ0v) is 41.6. The first kappa shape index (κ1) is 43.5. The lowest BCUT2D eigenvalue weighted by atomic mass is 9.92. The van der Waals surface area contributed by atoms with Gasteiger partial charge in [0.05, 0.1) is 50.2 Å². The van der Waals surface area contributed by atoms with E-state index in [1.165, 1.54) is 59.9 Å². The van der Waals surface area contributed by atoms with Gasteiger partial charge >= 0.3 is 0 Å². The summed E-state index contributed by atoms with van der Waals surface area (Å²) in [6.07, 6.45) is 0. The maximum absolute atomic E-state index is 5.46. The molecule has 0 amide bonds. The number of aromatic nitrogens is 5. The van der Waals surface area contributed by atoms with Crippen LogP contribution in [0.25, 0.3) is 139 Å². The molecule has 4 heterocycles. The lowest BCUT2D eigenvalue weighted by molar-refractivity contribution is 1.16. The number of para-hydroxylation sites is 5. The topological polar surface area (TPSA) is 40.6 Å². The standard InChI is InChI=1S/C71H47N5/c1-46-32-41-69-61(42-46)58-26-12-17-31-68(58)76(69)70-59(47-33-37-52(38-34-47)74-64-27-13-8-22-54(64)55-23-9-14-28-65(55)74)43-51(71-72-62(49-18-4-2-5-19-49)45-63(73-71)50-20-6-3-7-21-50)44-60(70)48-35-39-53(40-36-48)75-66-29-15-10-24-56(66)57-25-11-16-30-67(57)75/h2-45H,1H3. The maximum atomic E-state index is 5.46. The first-order valence-electron chi connectivity index (χ1n) is 26.0. The Morgan fingerprint density at radius 3 is 1.04 bits per heavy atom. The second kappa shape index (κ2) is 17.5. The Hall–Kier alpha value is -10.1. The van der Waals surface area contributed by atoms with Crippen molar-refractivity contribution >= 4 is 65.4 Å². The summed E-state index contributed by atoms with van der Waals surface area (Å²) in [5.41, 5.74) is 20.4.